The zero-order valence-corrected chi connectivity index (χ0v) is 46.8. The molecule has 0 aromatic heterocycles. The van der Waals surface area contributed by atoms with E-state index in [2.05, 4.69) is 310 Å². The van der Waals surface area contributed by atoms with E-state index in [1.54, 1.807) is 0 Å². The molecule has 0 aliphatic heterocycles. The number of rotatable bonds is 8. The zero-order valence-electron chi connectivity index (χ0n) is 46.8. The number of hydrogen-bond donors (Lipinski definition) is 0. The Labute approximate surface area is 462 Å². The van der Waals surface area contributed by atoms with E-state index < -0.39 is 0 Å². The molecule has 0 bridgehead atoms. The van der Waals surface area contributed by atoms with Crippen LogP contribution in [0, 0.1) is 0 Å². The molecule has 0 N–H and O–H groups in total. The summed E-state index contributed by atoms with van der Waals surface area (Å²) in [7, 11) is 0. The van der Waals surface area contributed by atoms with Gasteiger partial charge in [-0.1, -0.05) is 215 Å². The fraction of sp³-hybridized carbons (Fsp3) is 0.184. The lowest BCUT2D eigenvalue weighted by Crippen LogP contribution is -2.15. The van der Waals surface area contributed by atoms with E-state index in [0.717, 1.165) is 34.1 Å². The van der Waals surface area contributed by atoms with Crippen molar-refractivity contribution in [2.75, 3.05) is 9.80 Å². The minimum Gasteiger partial charge on any atom is -0.310 e. The van der Waals surface area contributed by atoms with Gasteiger partial charge in [0, 0.05) is 45.0 Å². The van der Waals surface area contributed by atoms with Crippen LogP contribution in [0.25, 0.3) is 66.1 Å². The Kier molecular flexibility index (Phi) is 11.4. The van der Waals surface area contributed by atoms with Crippen LogP contribution in [0.2, 0.25) is 0 Å². The summed E-state index contributed by atoms with van der Waals surface area (Å²) in [6, 6.07) is 87.3. The van der Waals surface area contributed by atoms with Crippen molar-refractivity contribution < 1.29 is 0 Å². The van der Waals surface area contributed by atoms with E-state index in [0.29, 0.717) is 0 Å². The first-order valence-corrected chi connectivity index (χ1v) is 27.9. The van der Waals surface area contributed by atoms with Crippen LogP contribution >= 0.6 is 0 Å². The van der Waals surface area contributed by atoms with E-state index in [1.165, 1.54) is 99.4 Å². The predicted octanol–water partition coefficient (Wildman–Crippen LogP) is 21.5. The predicted molar refractivity (Wildman–Crippen MR) is 334 cm³/mol. The molecule has 0 saturated carbocycles. The first-order chi connectivity index (χ1) is 37.5. The van der Waals surface area contributed by atoms with Gasteiger partial charge in [0.15, 0.2) is 0 Å². The molecule has 0 amide bonds. The monoisotopic (exact) mass is 1010 g/mol. The third-order valence-corrected chi connectivity index (χ3v) is 17.4. The normalized spacial score (nSPS) is 14.0. The summed E-state index contributed by atoms with van der Waals surface area (Å²) in [5.41, 5.74) is 24.6. The molecule has 78 heavy (non-hydrogen) atoms. The maximum atomic E-state index is 2.53. The minimum atomic E-state index is -0.189. The number of benzene rings is 11. The molecule has 0 fully saturated rings. The van der Waals surface area contributed by atoms with E-state index >= 15 is 0 Å². The molecule has 2 heteroatoms. The molecule has 0 atom stereocenters. The number of para-hydroxylation sites is 2. The van der Waals surface area contributed by atoms with Crippen molar-refractivity contribution in [2.45, 2.75) is 90.9 Å². The quantitative estimate of drug-likeness (QED) is 0.140. The van der Waals surface area contributed by atoms with Gasteiger partial charge < -0.3 is 9.80 Å². The second-order valence-corrected chi connectivity index (χ2v) is 25.0. The first-order valence-electron chi connectivity index (χ1n) is 27.9. The van der Waals surface area contributed by atoms with Gasteiger partial charge >= 0.3 is 0 Å². The SMILES string of the molecule is CC(C)(C)c1ccc(N(c2ccccc2)c2ccc3c(-c4ccc5c(c4)C(C)(C)c4ccccc4-5)c4ccc(N(c5ccccc5)c5ccc(C(C)(C)C)cc5)cc4c(-c4ccc5c(c4)C(C)(C)c4ccccc4-5)c3c2)cc1. The van der Waals surface area contributed by atoms with Crippen LogP contribution < -0.4 is 9.80 Å². The molecule has 11 aromatic carbocycles. The lowest BCUT2D eigenvalue weighted by Gasteiger charge is -2.29. The van der Waals surface area contributed by atoms with Crippen LogP contribution in [-0.2, 0) is 21.7 Å². The van der Waals surface area contributed by atoms with Crippen molar-refractivity contribution in [2.24, 2.45) is 0 Å². The molecule has 2 aliphatic rings. The van der Waals surface area contributed by atoms with Crippen LogP contribution in [-0.4, -0.2) is 0 Å². The summed E-state index contributed by atoms with van der Waals surface area (Å²) in [5, 5.41) is 4.85. The molecule has 0 radical (unpaired) electrons. The molecular weight excluding hydrogens is 941 g/mol. The van der Waals surface area contributed by atoms with Crippen molar-refractivity contribution >= 4 is 55.7 Å². The molecule has 11 aromatic rings. The van der Waals surface area contributed by atoms with Crippen LogP contribution in [0.4, 0.5) is 34.1 Å². The molecule has 13 rings (SSSR count). The first kappa shape index (κ1) is 49.1. The van der Waals surface area contributed by atoms with Gasteiger partial charge in [-0.05, 0) is 195 Å². The second-order valence-electron chi connectivity index (χ2n) is 25.0. The van der Waals surface area contributed by atoms with Crippen molar-refractivity contribution in [1.29, 1.82) is 0 Å². The highest BCUT2D eigenvalue weighted by atomic mass is 15.1. The Morgan fingerprint density at radius 2 is 0.590 bits per heavy atom. The summed E-state index contributed by atoms with van der Waals surface area (Å²) < 4.78 is 0. The molecule has 2 nitrogen and oxygen atoms in total. The maximum absolute atomic E-state index is 2.53. The Hall–Kier alpha value is -8.46. The Morgan fingerprint density at radius 1 is 0.269 bits per heavy atom. The molecule has 382 valence electrons. The van der Waals surface area contributed by atoms with Crippen molar-refractivity contribution in [1.82, 2.24) is 0 Å². The number of hydrogen-bond acceptors (Lipinski definition) is 2. The molecule has 0 spiro atoms. The fourth-order valence-corrected chi connectivity index (χ4v) is 13.1. The number of fused-ring (bicyclic) bond motifs is 8. The van der Waals surface area contributed by atoms with E-state index in [9.17, 15) is 0 Å². The lowest BCUT2D eigenvalue weighted by molar-refractivity contribution is 0.590. The average Bonchev–Trinajstić information content (AvgIpc) is 4.02. The van der Waals surface area contributed by atoms with Gasteiger partial charge in [0.25, 0.3) is 0 Å². The van der Waals surface area contributed by atoms with E-state index in [1.807, 2.05) is 0 Å². The maximum Gasteiger partial charge on any atom is 0.0468 e. The van der Waals surface area contributed by atoms with Gasteiger partial charge in [0.05, 0.1) is 0 Å². The summed E-state index contributed by atoms with van der Waals surface area (Å²) >= 11 is 0. The van der Waals surface area contributed by atoms with Crippen LogP contribution in [0.3, 0.4) is 0 Å². The van der Waals surface area contributed by atoms with Crippen LogP contribution in [0.15, 0.2) is 231 Å². The Balaban J connectivity index is 1.14. The molecule has 0 heterocycles. The highest BCUT2D eigenvalue weighted by Crippen LogP contribution is 2.55. The van der Waals surface area contributed by atoms with Crippen molar-refractivity contribution in [3.8, 4) is 44.5 Å². The highest BCUT2D eigenvalue weighted by Gasteiger charge is 2.37. The van der Waals surface area contributed by atoms with Gasteiger partial charge in [-0.2, -0.15) is 0 Å². The number of nitrogens with zero attached hydrogens (tertiary/aromatic N) is 2. The van der Waals surface area contributed by atoms with Gasteiger partial charge in [-0.25, -0.2) is 0 Å². The van der Waals surface area contributed by atoms with Gasteiger partial charge in [0.1, 0.15) is 0 Å². The standard InChI is InChI=1S/C76H68N2/c1-73(2,3)51-31-35-55(36-32-51)77(53-21-13-11-14-22-53)57-39-43-63-65(47-57)72(50-30-42-62-60-26-18-20-28-68(60)76(9,10)70(62)46-50)66-48-58(78(54-23-15-12-16-24-54)56-37-33-52(34-38-56)74(4,5)6)40-44-64(66)71(63)49-29-41-61-59-25-17-19-27-67(59)75(7,8)69(61)45-49/h11-48H,1-10H3. The van der Waals surface area contributed by atoms with Gasteiger partial charge in [-0.15, -0.1) is 0 Å². The summed E-state index contributed by atoms with van der Waals surface area (Å²) in [6.45, 7) is 23.3. The second kappa shape index (κ2) is 18.1. The zero-order chi connectivity index (χ0) is 53.9. The summed E-state index contributed by atoms with van der Waals surface area (Å²) in [6.07, 6.45) is 0. The number of anilines is 6. The van der Waals surface area contributed by atoms with Crippen LogP contribution in [0.5, 0.6) is 0 Å². The third-order valence-electron chi connectivity index (χ3n) is 17.4. The van der Waals surface area contributed by atoms with Gasteiger partial charge in [0.2, 0.25) is 0 Å². The minimum absolute atomic E-state index is 0.0254. The molecule has 2 aliphatic carbocycles. The largest absolute Gasteiger partial charge is 0.310 e. The van der Waals surface area contributed by atoms with Crippen molar-refractivity contribution in [3.63, 3.8) is 0 Å². The Bertz CT molecular complexity index is 3970. The third kappa shape index (κ3) is 7.98. The Morgan fingerprint density at radius 3 is 0.974 bits per heavy atom. The van der Waals surface area contributed by atoms with Crippen LogP contribution in [0.1, 0.15) is 103 Å². The van der Waals surface area contributed by atoms with Crippen molar-refractivity contribution in [3.05, 3.63) is 264 Å². The van der Waals surface area contributed by atoms with Gasteiger partial charge in [-0.3, -0.25) is 0 Å². The fourth-order valence-electron chi connectivity index (χ4n) is 13.1. The lowest BCUT2D eigenvalue weighted by atomic mass is 9.79. The summed E-state index contributed by atoms with van der Waals surface area (Å²) in [5.74, 6) is 0. The smallest absolute Gasteiger partial charge is 0.0468 e. The highest BCUT2D eigenvalue weighted by molar-refractivity contribution is 6.23. The van der Waals surface area contributed by atoms with E-state index in [-0.39, 0.29) is 21.7 Å². The van der Waals surface area contributed by atoms with E-state index in [4.69, 9.17) is 0 Å². The topological polar surface area (TPSA) is 6.48 Å². The average molecular weight is 1010 g/mol. The summed E-state index contributed by atoms with van der Waals surface area (Å²) in [4.78, 5) is 4.87. The molecule has 0 saturated heterocycles. The molecule has 0 unspecified atom stereocenters. The molecular formula is C76H68N2.